The van der Waals surface area contributed by atoms with Crippen molar-refractivity contribution in [2.24, 2.45) is 11.7 Å². The van der Waals surface area contributed by atoms with Gasteiger partial charge in [0.05, 0.1) is 6.54 Å². The molecule has 0 saturated heterocycles. The van der Waals surface area contributed by atoms with E-state index in [1.165, 1.54) is 31.2 Å². The summed E-state index contributed by atoms with van der Waals surface area (Å²) in [6, 6.07) is 8.57. The van der Waals surface area contributed by atoms with Crippen LogP contribution in [0.15, 0.2) is 28.8 Å². The van der Waals surface area contributed by atoms with Gasteiger partial charge in [-0.25, -0.2) is 0 Å². The highest BCUT2D eigenvalue weighted by Gasteiger charge is 2.19. The minimum Gasteiger partial charge on any atom is -0.338 e. The Morgan fingerprint density at radius 1 is 1.15 bits per heavy atom. The zero-order valence-corrected chi connectivity index (χ0v) is 11.9. The van der Waals surface area contributed by atoms with Gasteiger partial charge in [-0.2, -0.15) is 4.98 Å². The normalized spacial score (nSPS) is 22.9. The minimum absolute atomic E-state index is 0.283. The van der Waals surface area contributed by atoms with E-state index < -0.39 is 0 Å². The number of rotatable bonds is 3. The Labute approximate surface area is 119 Å². The molecule has 1 aromatic carbocycles. The molecule has 2 N–H and O–H groups in total. The van der Waals surface area contributed by atoms with Crippen molar-refractivity contribution in [2.45, 2.75) is 45.1 Å². The third-order valence-corrected chi connectivity index (χ3v) is 4.30. The van der Waals surface area contributed by atoms with E-state index in [9.17, 15) is 0 Å². The molecule has 20 heavy (non-hydrogen) atoms. The monoisotopic (exact) mass is 271 g/mol. The van der Waals surface area contributed by atoms with Crippen molar-refractivity contribution < 1.29 is 4.52 Å². The molecule has 0 spiro atoms. The Bertz CT molecular complexity index is 553. The number of aromatic nitrogens is 2. The van der Waals surface area contributed by atoms with Gasteiger partial charge >= 0.3 is 0 Å². The van der Waals surface area contributed by atoms with Crippen LogP contribution in [0.1, 0.15) is 50.0 Å². The SMILES string of the molecule is CC1CCC(c2ccc(-c3noc(CN)n3)cc2)CC1. The molecule has 106 valence electrons. The van der Waals surface area contributed by atoms with Gasteiger partial charge in [0.15, 0.2) is 0 Å². The molecular weight excluding hydrogens is 250 g/mol. The second-order valence-electron chi connectivity index (χ2n) is 5.79. The second-order valence-corrected chi connectivity index (χ2v) is 5.79. The summed E-state index contributed by atoms with van der Waals surface area (Å²) < 4.78 is 5.04. The van der Waals surface area contributed by atoms with E-state index >= 15 is 0 Å². The Kier molecular flexibility index (Phi) is 3.83. The maximum Gasteiger partial charge on any atom is 0.240 e. The molecule has 1 aliphatic rings. The topological polar surface area (TPSA) is 64.9 Å². The second kappa shape index (κ2) is 5.75. The molecule has 4 heteroatoms. The molecule has 4 nitrogen and oxygen atoms in total. The van der Waals surface area contributed by atoms with Crippen LogP contribution in [0.3, 0.4) is 0 Å². The van der Waals surface area contributed by atoms with Gasteiger partial charge in [-0.05, 0) is 30.2 Å². The van der Waals surface area contributed by atoms with Crippen LogP contribution >= 0.6 is 0 Å². The lowest BCUT2D eigenvalue weighted by molar-refractivity contribution is 0.348. The third kappa shape index (κ3) is 2.75. The van der Waals surface area contributed by atoms with E-state index in [1.807, 2.05) is 0 Å². The largest absolute Gasteiger partial charge is 0.338 e. The molecule has 0 unspecified atom stereocenters. The third-order valence-electron chi connectivity index (χ3n) is 4.30. The average Bonchev–Trinajstić information content (AvgIpc) is 2.97. The van der Waals surface area contributed by atoms with Gasteiger partial charge in [0.2, 0.25) is 11.7 Å². The summed E-state index contributed by atoms with van der Waals surface area (Å²) >= 11 is 0. The minimum atomic E-state index is 0.283. The molecule has 3 rings (SSSR count). The standard InChI is InChI=1S/C16H21N3O/c1-11-2-4-12(5-3-11)13-6-8-14(9-7-13)16-18-15(10-17)20-19-16/h6-9,11-12H,2-5,10,17H2,1H3. The fraction of sp³-hybridized carbons (Fsp3) is 0.500. The van der Waals surface area contributed by atoms with Crippen molar-refractivity contribution in [3.63, 3.8) is 0 Å². The molecule has 0 aliphatic heterocycles. The van der Waals surface area contributed by atoms with Gasteiger partial charge in [0.1, 0.15) is 0 Å². The maximum atomic E-state index is 5.48. The first-order chi connectivity index (χ1) is 9.76. The molecule has 0 atom stereocenters. The van der Waals surface area contributed by atoms with Gasteiger partial charge in [-0.15, -0.1) is 0 Å². The number of hydrogen-bond acceptors (Lipinski definition) is 4. The predicted octanol–water partition coefficient (Wildman–Crippen LogP) is 3.49. The Hall–Kier alpha value is -1.68. The van der Waals surface area contributed by atoms with E-state index in [0.29, 0.717) is 17.6 Å². The van der Waals surface area contributed by atoms with Gasteiger partial charge in [0, 0.05) is 5.56 Å². The van der Waals surface area contributed by atoms with Crippen LogP contribution in [0.4, 0.5) is 0 Å². The molecule has 1 fully saturated rings. The lowest BCUT2D eigenvalue weighted by Crippen LogP contribution is -2.10. The van der Waals surface area contributed by atoms with E-state index in [2.05, 4.69) is 41.3 Å². The first-order valence-corrected chi connectivity index (χ1v) is 7.39. The highest BCUT2D eigenvalue weighted by atomic mass is 16.5. The molecule has 2 aromatic rings. The molecule has 1 heterocycles. The van der Waals surface area contributed by atoms with E-state index in [4.69, 9.17) is 10.3 Å². The summed E-state index contributed by atoms with van der Waals surface area (Å²) in [6.45, 7) is 2.63. The Balaban J connectivity index is 1.74. The van der Waals surface area contributed by atoms with Gasteiger partial charge < -0.3 is 10.3 Å². The molecule has 1 aliphatic carbocycles. The number of hydrogen-bond donors (Lipinski definition) is 1. The highest BCUT2D eigenvalue weighted by molar-refractivity contribution is 5.54. The Morgan fingerprint density at radius 3 is 2.45 bits per heavy atom. The zero-order valence-electron chi connectivity index (χ0n) is 11.9. The lowest BCUT2D eigenvalue weighted by Gasteiger charge is -2.26. The molecule has 0 radical (unpaired) electrons. The number of nitrogens with two attached hydrogens (primary N) is 1. The van der Waals surface area contributed by atoms with Crippen LogP contribution < -0.4 is 5.73 Å². The molecule has 0 amide bonds. The van der Waals surface area contributed by atoms with Crippen molar-refractivity contribution in [1.82, 2.24) is 10.1 Å². The van der Waals surface area contributed by atoms with E-state index in [0.717, 1.165) is 11.5 Å². The molecule has 1 saturated carbocycles. The first kappa shape index (κ1) is 13.3. The summed E-state index contributed by atoms with van der Waals surface area (Å²) in [4.78, 5) is 4.25. The first-order valence-electron chi connectivity index (χ1n) is 7.39. The van der Waals surface area contributed by atoms with Gasteiger partial charge in [-0.1, -0.05) is 49.2 Å². The van der Waals surface area contributed by atoms with Crippen molar-refractivity contribution in [3.8, 4) is 11.4 Å². The van der Waals surface area contributed by atoms with Crippen molar-refractivity contribution in [1.29, 1.82) is 0 Å². The smallest absolute Gasteiger partial charge is 0.240 e. The predicted molar refractivity (Wildman–Crippen MR) is 78.0 cm³/mol. The summed E-state index contributed by atoms with van der Waals surface area (Å²) in [5, 5.41) is 3.94. The van der Waals surface area contributed by atoms with Crippen LogP contribution in [-0.4, -0.2) is 10.1 Å². The van der Waals surface area contributed by atoms with Gasteiger partial charge in [-0.3, -0.25) is 0 Å². The van der Waals surface area contributed by atoms with Crippen molar-refractivity contribution in [3.05, 3.63) is 35.7 Å². The molecular formula is C16H21N3O. The van der Waals surface area contributed by atoms with Gasteiger partial charge in [0.25, 0.3) is 0 Å². The van der Waals surface area contributed by atoms with Crippen molar-refractivity contribution >= 4 is 0 Å². The lowest BCUT2D eigenvalue weighted by atomic mass is 9.79. The summed E-state index contributed by atoms with van der Waals surface area (Å²) in [5.41, 5.74) is 7.90. The average molecular weight is 271 g/mol. The Morgan fingerprint density at radius 2 is 1.85 bits per heavy atom. The fourth-order valence-corrected chi connectivity index (χ4v) is 2.95. The summed E-state index contributed by atoms with van der Waals surface area (Å²) in [5.74, 6) is 2.70. The van der Waals surface area contributed by atoms with Crippen molar-refractivity contribution in [2.75, 3.05) is 0 Å². The summed E-state index contributed by atoms with van der Waals surface area (Å²) in [7, 11) is 0. The number of nitrogens with zero attached hydrogens (tertiary/aromatic N) is 2. The van der Waals surface area contributed by atoms with Crippen LogP contribution in [0.25, 0.3) is 11.4 Å². The van der Waals surface area contributed by atoms with Crippen LogP contribution in [0.5, 0.6) is 0 Å². The maximum absolute atomic E-state index is 5.48. The highest BCUT2D eigenvalue weighted by Crippen LogP contribution is 2.35. The van der Waals surface area contributed by atoms with Crippen LogP contribution in [0, 0.1) is 5.92 Å². The molecule has 1 aromatic heterocycles. The quantitative estimate of drug-likeness (QED) is 0.928. The zero-order chi connectivity index (χ0) is 13.9. The fourth-order valence-electron chi connectivity index (χ4n) is 2.95. The summed E-state index contributed by atoms with van der Waals surface area (Å²) in [6.07, 6.45) is 5.30. The molecule has 0 bridgehead atoms. The number of benzene rings is 1. The van der Waals surface area contributed by atoms with Crippen LogP contribution in [-0.2, 0) is 6.54 Å². The van der Waals surface area contributed by atoms with Crippen LogP contribution in [0.2, 0.25) is 0 Å². The van der Waals surface area contributed by atoms with E-state index in [-0.39, 0.29) is 6.54 Å². The van der Waals surface area contributed by atoms with E-state index in [1.54, 1.807) is 0 Å².